The Balaban J connectivity index is 2.41. The number of pyridine rings is 1. The Morgan fingerprint density at radius 1 is 1.53 bits per heavy atom. The zero-order valence-corrected chi connectivity index (χ0v) is 8.30. The Kier molecular flexibility index (Phi) is 2.64. The van der Waals surface area contributed by atoms with Crippen molar-refractivity contribution in [3.05, 3.63) is 46.5 Å². The molecule has 0 spiro atoms. The fourth-order valence-electron chi connectivity index (χ4n) is 1.33. The predicted molar refractivity (Wildman–Crippen MR) is 54.9 cm³/mol. The van der Waals surface area contributed by atoms with Gasteiger partial charge >= 0.3 is 0 Å². The van der Waals surface area contributed by atoms with Crippen molar-refractivity contribution in [2.24, 2.45) is 0 Å². The van der Waals surface area contributed by atoms with Crippen molar-refractivity contribution < 1.29 is 4.74 Å². The SMILES string of the molecule is COCc1cc(=O)n(-c2ccccn2)[nH]1. The number of aromatic nitrogens is 3. The Morgan fingerprint density at radius 3 is 3.07 bits per heavy atom. The number of hydrogen-bond donors (Lipinski definition) is 1. The molecule has 0 saturated heterocycles. The first-order valence-corrected chi connectivity index (χ1v) is 4.52. The summed E-state index contributed by atoms with van der Waals surface area (Å²) in [6.07, 6.45) is 1.64. The van der Waals surface area contributed by atoms with Crippen LogP contribution in [0, 0.1) is 0 Å². The second-order valence-corrected chi connectivity index (χ2v) is 3.08. The van der Waals surface area contributed by atoms with Gasteiger partial charge in [-0.05, 0) is 12.1 Å². The molecule has 0 saturated carbocycles. The molecule has 0 atom stereocenters. The van der Waals surface area contributed by atoms with Crippen LogP contribution in [0.15, 0.2) is 35.3 Å². The van der Waals surface area contributed by atoms with Crippen molar-refractivity contribution in [2.45, 2.75) is 6.61 Å². The summed E-state index contributed by atoms with van der Waals surface area (Å²) < 4.78 is 6.31. The lowest BCUT2D eigenvalue weighted by Gasteiger charge is -1.99. The van der Waals surface area contributed by atoms with Gasteiger partial charge in [-0.25, -0.2) is 9.67 Å². The van der Waals surface area contributed by atoms with Crippen molar-refractivity contribution in [3.63, 3.8) is 0 Å². The quantitative estimate of drug-likeness (QED) is 0.802. The first kappa shape index (κ1) is 9.67. The van der Waals surface area contributed by atoms with Crippen molar-refractivity contribution in [3.8, 4) is 5.82 Å². The van der Waals surface area contributed by atoms with Gasteiger partial charge in [0.15, 0.2) is 5.82 Å². The molecule has 0 radical (unpaired) electrons. The third-order valence-corrected chi connectivity index (χ3v) is 1.95. The third kappa shape index (κ3) is 1.97. The van der Waals surface area contributed by atoms with Crippen LogP contribution < -0.4 is 5.56 Å². The summed E-state index contributed by atoms with van der Waals surface area (Å²) in [5.41, 5.74) is 0.592. The van der Waals surface area contributed by atoms with Crippen molar-refractivity contribution in [2.75, 3.05) is 7.11 Å². The largest absolute Gasteiger partial charge is 0.378 e. The molecule has 5 nitrogen and oxygen atoms in total. The molecule has 15 heavy (non-hydrogen) atoms. The number of methoxy groups -OCH3 is 1. The lowest BCUT2D eigenvalue weighted by Crippen LogP contribution is -2.14. The molecular formula is C10H11N3O2. The fraction of sp³-hybridized carbons (Fsp3) is 0.200. The topological polar surface area (TPSA) is 59.9 Å². The Morgan fingerprint density at radius 2 is 2.40 bits per heavy atom. The second kappa shape index (κ2) is 4.10. The summed E-state index contributed by atoms with van der Waals surface area (Å²) in [5, 5.41) is 2.92. The molecule has 0 aliphatic heterocycles. The zero-order valence-electron chi connectivity index (χ0n) is 8.30. The van der Waals surface area contributed by atoms with Gasteiger partial charge in [-0.15, -0.1) is 0 Å². The maximum Gasteiger partial charge on any atom is 0.272 e. The van der Waals surface area contributed by atoms with Gasteiger partial charge in [0.25, 0.3) is 5.56 Å². The van der Waals surface area contributed by atoms with E-state index in [0.717, 1.165) is 5.69 Å². The number of nitrogens with one attached hydrogen (secondary N) is 1. The summed E-state index contributed by atoms with van der Waals surface area (Å²) in [6.45, 7) is 0.384. The molecule has 2 aromatic heterocycles. The summed E-state index contributed by atoms with van der Waals surface area (Å²) in [6, 6.07) is 6.88. The lowest BCUT2D eigenvalue weighted by atomic mass is 10.4. The molecule has 2 heterocycles. The average molecular weight is 205 g/mol. The molecule has 5 heteroatoms. The van der Waals surface area contributed by atoms with Gasteiger partial charge in [0, 0.05) is 19.4 Å². The Hall–Kier alpha value is -1.88. The van der Waals surface area contributed by atoms with Crippen LogP contribution in [0.2, 0.25) is 0 Å². The molecule has 0 unspecified atom stereocenters. The number of ether oxygens (including phenoxy) is 1. The van der Waals surface area contributed by atoms with Gasteiger partial charge < -0.3 is 4.74 Å². The highest BCUT2D eigenvalue weighted by molar-refractivity contribution is 5.20. The molecule has 0 aromatic carbocycles. The minimum absolute atomic E-state index is 0.138. The zero-order chi connectivity index (χ0) is 10.7. The van der Waals surface area contributed by atoms with Crippen LogP contribution in [0.1, 0.15) is 5.69 Å². The number of rotatable bonds is 3. The van der Waals surface area contributed by atoms with E-state index in [1.807, 2.05) is 6.07 Å². The highest BCUT2D eigenvalue weighted by atomic mass is 16.5. The van der Waals surface area contributed by atoms with E-state index in [0.29, 0.717) is 12.4 Å². The molecule has 78 valence electrons. The van der Waals surface area contributed by atoms with Crippen molar-refractivity contribution in [1.29, 1.82) is 0 Å². The first-order chi connectivity index (χ1) is 7.31. The second-order valence-electron chi connectivity index (χ2n) is 3.08. The smallest absolute Gasteiger partial charge is 0.272 e. The molecule has 2 aromatic rings. The van der Waals surface area contributed by atoms with Gasteiger partial charge in [0.1, 0.15) is 0 Å². The molecule has 0 fully saturated rings. The molecule has 0 aliphatic carbocycles. The summed E-state index contributed by atoms with van der Waals surface area (Å²) in [4.78, 5) is 15.6. The molecule has 0 amide bonds. The molecule has 1 N–H and O–H groups in total. The number of nitrogens with zero attached hydrogens (tertiary/aromatic N) is 2. The van der Waals surface area contributed by atoms with Crippen LogP contribution >= 0.6 is 0 Å². The van der Waals surface area contributed by atoms with Crippen LogP contribution in [-0.4, -0.2) is 21.9 Å². The third-order valence-electron chi connectivity index (χ3n) is 1.95. The van der Waals surface area contributed by atoms with Crippen molar-refractivity contribution in [1.82, 2.24) is 14.8 Å². The van der Waals surface area contributed by atoms with Crippen LogP contribution in [0.5, 0.6) is 0 Å². The van der Waals surface area contributed by atoms with Gasteiger partial charge in [-0.1, -0.05) is 6.07 Å². The van der Waals surface area contributed by atoms with E-state index < -0.39 is 0 Å². The Bertz CT molecular complexity index is 487. The van der Waals surface area contributed by atoms with E-state index >= 15 is 0 Å². The summed E-state index contributed by atoms with van der Waals surface area (Å²) in [7, 11) is 1.58. The van der Waals surface area contributed by atoms with Gasteiger partial charge in [-0.2, -0.15) is 0 Å². The lowest BCUT2D eigenvalue weighted by molar-refractivity contribution is 0.181. The van der Waals surface area contributed by atoms with Gasteiger partial charge in [0.2, 0.25) is 0 Å². The van der Waals surface area contributed by atoms with Crippen LogP contribution in [-0.2, 0) is 11.3 Å². The van der Waals surface area contributed by atoms with Gasteiger partial charge in [-0.3, -0.25) is 9.89 Å². The number of aromatic amines is 1. The van der Waals surface area contributed by atoms with Gasteiger partial charge in [0.05, 0.1) is 12.3 Å². The van der Waals surface area contributed by atoms with E-state index in [9.17, 15) is 4.79 Å². The van der Waals surface area contributed by atoms with E-state index in [-0.39, 0.29) is 5.56 Å². The molecule has 0 aliphatic rings. The minimum Gasteiger partial charge on any atom is -0.378 e. The number of H-pyrrole nitrogens is 1. The molecule has 2 rings (SSSR count). The highest BCUT2D eigenvalue weighted by Crippen LogP contribution is 1.99. The average Bonchev–Trinajstić information content (AvgIpc) is 2.61. The standard InChI is InChI=1S/C10H11N3O2/c1-15-7-8-6-10(14)13(12-8)9-4-2-3-5-11-9/h2-6,12H,7H2,1H3. The normalized spacial score (nSPS) is 10.5. The van der Waals surface area contributed by atoms with E-state index in [4.69, 9.17) is 4.74 Å². The van der Waals surface area contributed by atoms with Crippen LogP contribution in [0.25, 0.3) is 5.82 Å². The predicted octanol–water partition coefficient (Wildman–Crippen LogP) is 0.707. The maximum absolute atomic E-state index is 11.6. The van der Waals surface area contributed by atoms with Crippen LogP contribution in [0.3, 0.4) is 0 Å². The molecular weight excluding hydrogens is 194 g/mol. The molecule has 0 bridgehead atoms. The fourth-order valence-corrected chi connectivity index (χ4v) is 1.33. The van der Waals surface area contributed by atoms with E-state index in [1.165, 1.54) is 10.7 Å². The highest BCUT2D eigenvalue weighted by Gasteiger charge is 2.04. The van der Waals surface area contributed by atoms with Crippen molar-refractivity contribution >= 4 is 0 Å². The maximum atomic E-state index is 11.6. The number of hydrogen-bond acceptors (Lipinski definition) is 3. The van der Waals surface area contributed by atoms with E-state index in [2.05, 4.69) is 10.1 Å². The van der Waals surface area contributed by atoms with Crippen LogP contribution in [0.4, 0.5) is 0 Å². The summed E-state index contributed by atoms with van der Waals surface area (Å²) >= 11 is 0. The monoisotopic (exact) mass is 205 g/mol. The first-order valence-electron chi connectivity index (χ1n) is 4.52. The Labute approximate surface area is 86.3 Å². The van der Waals surface area contributed by atoms with E-state index in [1.54, 1.807) is 25.4 Å². The minimum atomic E-state index is -0.138. The summed E-state index contributed by atoms with van der Waals surface area (Å²) in [5.74, 6) is 0.574.